The van der Waals surface area contributed by atoms with Crippen LogP contribution < -0.4 is 16.0 Å². The smallest absolute Gasteiger partial charge is 0.337 e. The second kappa shape index (κ2) is 7.86. The summed E-state index contributed by atoms with van der Waals surface area (Å²) < 4.78 is 0. The summed E-state index contributed by atoms with van der Waals surface area (Å²) in [6.07, 6.45) is 0.788. The van der Waals surface area contributed by atoms with Crippen molar-refractivity contribution >= 4 is 12.0 Å². The standard InChI is InChI=1S/C10H21N3O4/c1-3-11-5-4-6-12-9(16)13-7-10(2,17)8(14)15/h11,17H,3-7H2,1-2H3,(H,14,15)(H2,12,13,16). The number of amides is 2. The predicted molar refractivity (Wildman–Crippen MR) is 62.8 cm³/mol. The summed E-state index contributed by atoms with van der Waals surface area (Å²) in [5, 5.41) is 25.9. The van der Waals surface area contributed by atoms with Gasteiger partial charge in [0.25, 0.3) is 0 Å². The predicted octanol–water partition coefficient (Wildman–Crippen LogP) is -0.879. The maximum absolute atomic E-state index is 11.2. The van der Waals surface area contributed by atoms with Gasteiger partial charge in [-0.1, -0.05) is 6.92 Å². The van der Waals surface area contributed by atoms with Crippen LogP contribution in [0.2, 0.25) is 0 Å². The van der Waals surface area contributed by atoms with Crippen molar-refractivity contribution in [1.29, 1.82) is 0 Å². The van der Waals surface area contributed by atoms with E-state index in [0.717, 1.165) is 26.4 Å². The van der Waals surface area contributed by atoms with Crippen molar-refractivity contribution in [3.05, 3.63) is 0 Å². The molecule has 2 amide bonds. The number of hydrogen-bond acceptors (Lipinski definition) is 4. The Balaban J connectivity index is 3.63. The Morgan fingerprint density at radius 2 is 1.88 bits per heavy atom. The lowest BCUT2D eigenvalue weighted by atomic mass is 10.1. The highest BCUT2D eigenvalue weighted by atomic mass is 16.4. The van der Waals surface area contributed by atoms with Crippen molar-refractivity contribution in [2.75, 3.05) is 26.2 Å². The highest BCUT2D eigenvalue weighted by molar-refractivity contribution is 5.79. The molecule has 7 heteroatoms. The van der Waals surface area contributed by atoms with E-state index in [2.05, 4.69) is 16.0 Å². The molecule has 0 saturated carbocycles. The van der Waals surface area contributed by atoms with Crippen molar-refractivity contribution in [3.63, 3.8) is 0 Å². The van der Waals surface area contributed by atoms with Gasteiger partial charge in [0.05, 0.1) is 6.54 Å². The molecule has 0 aliphatic rings. The molecule has 5 N–H and O–H groups in total. The maximum atomic E-state index is 11.2. The first-order chi connectivity index (χ1) is 7.90. The minimum Gasteiger partial charge on any atom is -0.479 e. The van der Waals surface area contributed by atoms with Crippen molar-refractivity contribution in [3.8, 4) is 0 Å². The first-order valence-corrected chi connectivity index (χ1v) is 5.58. The van der Waals surface area contributed by atoms with Crippen molar-refractivity contribution < 1.29 is 19.8 Å². The van der Waals surface area contributed by atoms with Gasteiger partial charge in [-0.05, 0) is 26.4 Å². The molecule has 0 saturated heterocycles. The zero-order valence-electron chi connectivity index (χ0n) is 10.2. The Morgan fingerprint density at radius 3 is 2.41 bits per heavy atom. The summed E-state index contributed by atoms with van der Waals surface area (Å²) in [5.41, 5.74) is -1.94. The van der Waals surface area contributed by atoms with Crippen LogP contribution in [0.15, 0.2) is 0 Å². The van der Waals surface area contributed by atoms with E-state index in [0.29, 0.717) is 6.54 Å². The van der Waals surface area contributed by atoms with Crippen LogP contribution >= 0.6 is 0 Å². The van der Waals surface area contributed by atoms with Crippen LogP contribution in [0.1, 0.15) is 20.3 Å². The monoisotopic (exact) mass is 247 g/mol. The lowest BCUT2D eigenvalue weighted by Gasteiger charge is -2.18. The van der Waals surface area contributed by atoms with E-state index in [1.165, 1.54) is 0 Å². The van der Waals surface area contributed by atoms with Gasteiger partial charge in [0.1, 0.15) is 0 Å². The molecule has 0 heterocycles. The van der Waals surface area contributed by atoms with Crippen LogP contribution in [0.4, 0.5) is 4.79 Å². The second-order valence-electron chi connectivity index (χ2n) is 3.90. The van der Waals surface area contributed by atoms with Crippen LogP contribution in [0.3, 0.4) is 0 Å². The zero-order chi connectivity index (χ0) is 13.3. The van der Waals surface area contributed by atoms with Gasteiger partial charge in [-0.15, -0.1) is 0 Å². The molecule has 0 aromatic rings. The molecule has 0 rings (SSSR count). The number of carbonyl (C=O) groups excluding carboxylic acids is 1. The van der Waals surface area contributed by atoms with E-state index in [9.17, 15) is 14.7 Å². The van der Waals surface area contributed by atoms with Gasteiger partial charge in [-0.2, -0.15) is 0 Å². The molecule has 0 aliphatic carbocycles. The number of carboxylic acids is 1. The minimum absolute atomic E-state index is 0.332. The minimum atomic E-state index is -1.94. The molecular formula is C10H21N3O4. The topological polar surface area (TPSA) is 111 Å². The third kappa shape index (κ3) is 7.53. The first-order valence-electron chi connectivity index (χ1n) is 5.58. The first kappa shape index (κ1) is 15.7. The number of aliphatic carboxylic acids is 1. The van der Waals surface area contributed by atoms with Crippen LogP contribution in [-0.4, -0.2) is 54.0 Å². The SMILES string of the molecule is CCNCCCNC(=O)NCC(C)(O)C(=O)O. The van der Waals surface area contributed by atoms with Crippen LogP contribution in [0.25, 0.3) is 0 Å². The van der Waals surface area contributed by atoms with E-state index >= 15 is 0 Å². The van der Waals surface area contributed by atoms with E-state index in [1.807, 2.05) is 6.92 Å². The molecule has 7 nitrogen and oxygen atoms in total. The Morgan fingerprint density at radius 1 is 1.24 bits per heavy atom. The Kier molecular flexibility index (Phi) is 7.24. The summed E-state index contributed by atoms with van der Waals surface area (Å²) in [6, 6.07) is -0.483. The van der Waals surface area contributed by atoms with Gasteiger partial charge in [0.2, 0.25) is 0 Å². The number of hydrogen-bond donors (Lipinski definition) is 5. The lowest BCUT2D eigenvalue weighted by molar-refractivity contribution is -0.155. The number of aliphatic hydroxyl groups is 1. The number of carboxylic acid groups (broad SMARTS) is 1. The summed E-state index contributed by atoms with van der Waals surface area (Å²) >= 11 is 0. The van der Waals surface area contributed by atoms with E-state index in [-0.39, 0.29) is 6.54 Å². The number of carbonyl (C=O) groups is 2. The normalized spacial score (nSPS) is 13.8. The fourth-order valence-electron chi connectivity index (χ4n) is 0.983. The van der Waals surface area contributed by atoms with Crippen molar-refractivity contribution in [2.45, 2.75) is 25.9 Å². The van der Waals surface area contributed by atoms with Gasteiger partial charge in [0.15, 0.2) is 5.60 Å². The molecule has 0 aromatic heterocycles. The highest BCUT2D eigenvalue weighted by Gasteiger charge is 2.30. The Labute approximate surface area is 101 Å². The summed E-state index contributed by atoms with van der Waals surface area (Å²) in [7, 11) is 0. The van der Waals surface area contributed by atoms with Crippen molar-refractivity contribution in [1.82, 2.24) is 16.0 Å². The van der Waals surface area contributed by atoms with E-state index in [1.54, 1.807) is 0 Å². The van der Waals surface area contributed by atoms with Gasteiger partial charge in [-0.3, -0.25) is 0 Å². The van der Waals surface area contributed by atoms with Gasteiger partial charge >= 0.3 is 12.0 Å². The lowest BCUT2D eigenvalue weighted by Crippen LogP contribution is -2.49. The highest BCUT2D eigenvalue weighted by Crippen LogP contribution is 2.00. The largest absolute Gasteiger partial charge is 0.479 e. The molecule has 1 unspecified atom stereocenters. The molecule has 0 fully saturated rings. The summed E-state index contributed by atoms with van der Waals surface area (Å²) in [5.74, 6) is -1.37. The molecule has 0 radical (unpaired) electrons. The van der Waals surface area contributed by atoms with E-state index in [4.69, 9.17) is 5.11 Å². The number of rotatable bonds is 8. The second-order valence-corrected chi connectivity index (χ2v) is 3.90. The van der Waals surface area contributed by atoms with Gasteiger partial charge < -0.3 is 26.2 Å². The molecular weight excluding hydrogens is 226 g/mol. The molecule has 1 atom stereocenters. The van der Waals surface area contributed by atoms with Gasteiger partial charge in [-0.25, -0.2) is 9.59 Å². The average molecular weight is 247 g/mol. The molecule has 17 heavy (non-hydrogen) atoms. The molecule has 0 aromatic carbocycles. The molecule has 0 bridgehead atoms. The fraction of sp³-hybridized carbons (Fsp3) is 0.800. The van der Waals surface area contributed by atoms with E-state index < -0.39 is 17.6 Å². The molecule has 100 valence electrons. The summed E-state index contributed by atoms with van der Waals surface area (Å²) in [4.78, 5) is 21.7. The maximum Gasteiger partial charge on any atom is 0.337 e. The Hall–Kier alpha value is -1.34. The Bertz CT molecular complexity index is 256. The number of nitrogens with one attached hydrogen (secondary N) is 3. The molecule has 0 aliphatic heterocycles. The summed E-state index contributed by atoms with van der Waals surface area (Å²) in [6.45, 7) is 4.97. The number of urea groups is 1. The average Bonchev–Trinajstić information content (AvgIpc) is 2.26. The van der Waals surface area contributed by atoms with Crippen molar-refractivity contribution in [2.24, 2.45) is 0 Å². The van der Waals surface area contributed by atoms with Gasteiger partial charge in [0, 0.05) is 6.54 Å². The van der Waals surface area contributed by atoms with Crippen LogP contribution in [-0.2, 0) is 4.79 Å². The third-order valence-corrected chi connectivity index (χ3v) is 2.12. The fourth-order valence-corrected chi connectivity index (χ4v) is 0.983. The molecule has 0 spiro atoms. The van der Waals surface area contributed by atoms with Crippen LogP contribution in [0.5, 0.6) is 0 Å². The zero-order valence-corrected chi connectivity index (χ0v) is 10.2. The third-order valence-electron chi connectivity index (χ3n) is 2.12. The quantitative estimate of drug-likeness (QED) is 0.358. The van der Waals surface area contributed by atoms with Crippen LogP contribution in [0, 0.1) is 0 Å².